The minimum atomic E-state index is -0.997. The minimum Gasteiger partial charge on any atom is -0.481 e. The summed E-state index contributed by atoms with van der Waals surface area (Å²) in [5.41, 5.74) is -0.635. The molecule has 7 nitrogen and oxygen atoms in total. The topological polar surface area (TPSA) is 105 Å². The van der Waals surface area contributed by atoms with E-state index in [1.165, 1.54) is 6.92 Å². The molecule has 0 unspecified atom stereocenters. The van der Waals surface area contributed by atoms with Crippen LogP contribution in [0.2, 0.25) is 0 Å². The largest absolute Gasteiger partial charge is 0.481 e. The summed E-state index contributed by atoms with van der Waals surface area (Å²) in [6.07, 6.45) is -0.853. The Kier molecular flexibility index (Phi) is 6.15. The summed E-state index contributed by atoms with van der Waals surface area (Å²) in [5, 5.41) is 13.1. The first-order valence-electron chi connectivity index (χ1n) is 5.61. The number of carboxylic acid groups (broad SMARTS) is 1. The SMILES string of the molecule is C[C@H](NC(=O)OC(C)(C)C)C(=O)NCCC(=O)O. The van der Waals surface area contributed by atoms with Gasteiger partial charge >= 0.3 is 12.1 Å². The second kappa shape index (κ2) is 6.83. The average Bonchev–Trinajstić information content (AvgIpc) is 2.13. The summed E-state index contributed by atoms with van der Waals surface area (Å²) in [6.45, 7) is 6.65. The Morgan fingerprint density at radius 2 is 1.83 bits per heavy atom. The smallest absolute Gasteiger partial charge is 0.408 e. The fourth-order valence-electron chi connectivity index (χ4n) is 0.996. The molecule has 0 bridgehead atoms. The van der Waals surface area contributed by atoms with Gasteiger partial charge in [-0.3, -0.25) is 9.59 Å². The van der Waals surface area contributed by atoms with E-state index < -0.39 is 29.6 Å². The van der Waals surface area contributed by atoms with Crippen LogP contribution in [0.3, 0.4) is 0 Å². The van der Waals surface area contributed by atoms with Gasteiger partial charge in [0.1, 0.15) is 11.6 Å². The van der Waals surface area contributed by atoms with E-state index in [-0.39, 0.29) is 13.0 Å². The van der Waals surface area contributed by atoms with Crippen molar-refractivity contribution in [3.8, 4) is 0 Å². The van der Waals surface area contributed by atoms with Gasteiger partial charge in [-0.05, 0) is 27.7 Å². The Hall–Kier alpha value is -1.79. The van der Waals surface area contributed by atoms with Crippen molar-refractivity contribution < 1.29 is 24.2 Å². The third-order valence-electron chi connectivity index (χ3n) is 1.76. The Balaban J connectivity index is 4.00. The first-order valence-corrected chi connectivity index (χ1v) is 5.61. The fraction of sp³-hybridized carbons (Fsp3) is 0.727. The molecule has 7 heteroatoms. The molecule has 0 radical (unpaired) electrons. The summed E-state index contributed by atoms with van der Waals surface area (Å²) < 4.78 is 4.98. The van der Waals surface area contributed by atoms with E-state index in [9.17, 15) is 14.4 Å². The molecule has 0 rings (SSSR count). The number of amides is 2. The number of carbonyl (C=O) groups is 3. The molecule has 0 spiro atoms. The molecule has 0 aromatic heterocycles. The molecule has 0 saturated carbocycles. The van der Waals surface area contributed by atoms with Gasteiger partial charge in [-0.25, -0.2) is 4.79 Å². The van der Waals surface area contributed by atoms with E-state index >= 15 is 0 Å². The van der Waals surface area contributed by atoms with Gasteiger partial charge in [0, 0.05) is 6.54 Å². The zero-order chi connectivity index (χ0) is 14.3. The van der Waals surface area contributed by atoms with Gasteiger partial charge in [0.05, 0.1) is 6.42 Å². The molecular weight excluding hydrogens is 240 g/mol. The van der Waals surface area contributed by atoms with E-state index in [1.54, 1.807) is 20.8 Å². The number of hydrogen-bond acceptors (Lipinski definition) is 4. The van der Waals surface area contributed by atoms with E-state index in [4.69, 9.17) is 9.84 Å². The lowest BCUT2D eigenvalue weighted by molar-refractivity contribution is -0.137. The summed E-state index contributed by atoms with van der Waals surface area (Å²) in [6, 6.07) is -0.784. The second-order valence-corrected chi connectivity index (χ2v) is 4.80. The zero-order valence-corrected chi connectivity index (χ0v) is 11.1. The van der Waals surface area contributed by atoms with Gasteiger partial charge in [-0.2, -0.15) is 0 Å². The van der Waals surface area contributed by atoms with Crippen molar-refractivity contribution in [3.63, 3.8) is 0 Å². The number of rotatable bonds is 5. The number of hydrogen-bond donors (Lipinski definition) is 3. The van der Waals surface area contributed by atoms with Crippen molar-refractivity contribution in [2.24, 2.45) is 0 Å². The molecule has 2 amide bonds. The highest BCUT2D eigenvalue weighted by Crippen LogP contribution is 2.06. The van der Waals surface area contributed by atoms with Crippen molar-refractivity contribution in [1.82, 2.24) is 10.6 Å². The Labute approximate surface area is 106 Å². The molecule has 0 aliphatic heterocycles. The first-order chi connectivity index (χ1) is 8.11. The number of carboxylic acids is 1. The molecule has 0 aliphatic rings. The van der Waals surface area contributed by atoms with Gasteiger partial charge in [0.25, 0.3) is 0 Å². The van der Waals surface area contributed by atoms with Crippen LogP contribution in [0.4, 0.5) is 4.79 Å². The Morgan fingerprint density at radius 1 is 1.28 bits per heavy atom. The van der Waals surface area contributed by atoms with Crippen LogP contribution in [0.1, 0.15) is 34.1 Å². The molecule has 0 aromatic carbocycles. The molecule has 0 aliphatic carbocycles. The van der Waals surface area contributed by atoms with Crippen LogP contribution in [0.15, 0.2) is 0 Å². The molecule has 0 saturated heterocycles. The van der Waals surface area contributed by atoms with Gasteiger partial charge in [0.15, 0.2) is 0 Å². The third-order valence-corrected chi connectivity index (χ3v) is 1.76. The van der Waals surface area contributed by atoms with E-state index in [1.807, 2.05) is 0 Å². The van der Waals surface area contributed by atoms with Crippen LogP contribution in [-0.4, -0.2) is 41.3 Å². The molecule has 104 valence electrons. The number of ether oxygens (including phenoxy) is 1. The lowest BCUT2D eigenvalue weighted by Gasteiger charge is -2.21. The minimum absolute atomic E-state index is 0.0223. The predicted octanol–water partition coefficient (Wildman–Crippen LogP) is 0.491. The molecule has 0 aromatic rings. The van der Waals surface area contributed by atoms with Crippen molar-refractivity contribution in [2.75, 3.05) is 6.54 Å². The molecule has 3 N–H and O–H groups in total. The van der Waals surface area contributed by atoms with E-state index in [0.717, 1.165) is 0 Å². The van der Waals surface area contributed by atoms with Crippen molar-refractivity contribution >= 4 is 18.0 Å². The predicted molar refractivity (Wildman–Crippen MR) is 64.1 cm³/mol. The van der Waals surface area contributed by atoms with Crippen LogP contribution < -0.4 is 10.6 Å². The monoisotopic (exact) mass is 260 g/mol. The lowest BCUT2D eigenvalue weighted by Crippen LogP contribution is -2.46. The van der Waals surface area contributed by atoms with Crippen molar-refractivity contribution in [2.45, 2.75) is 45.8 Å². The van der Waals surface area contributed by atoms with Gasteiger partial charge in [0.2, 0.25) is 5.91 Å². The highest BCUT2D eigenvalue weighted by Gasteiger charge is 2.20. The van der Waals surface area contributed by atoms with Gasteiger partial charge in [-0.1, -0.05) is 0 Å². The van der Waals surface area contributed by atoms with Crippen molar-refractivity contribution in [3.05, 3.63) is 0 Å². The van der Waals surface area contributed by atoms with Crippen LogP contribution >= 0.6 is 0 Å². The molecule has 18 heavy (non-hydrogen) atoms. The Morgan fingerprint density at radius 3 is 2.28 bits per heavy atom. The van der Waals surface area contributed by atoms with Crippen LogP contribution in [-0.2, 0) is 14.3 Å². The summed E-state index contributed by atoms with van der Waals surface area (Å²) in [4.78, 5) is 33.0. The number of aliphatic carboxylic acids is 1. The van der Waals surface area contributed by atoms with Crippen LogP contribution in [0, 0.1) is 0 Å². The Bertz CT molecular complexity index is 322. The van der Waals surface area contributed by atoms with Crippen molar-refractivity contribution in [1.29, 1.82) is 0 Å². The molecule has 0 heterocycles. The quantitative estimate of drug-likeness (QED) is 0.667. The maximum Gasteiger partial charge on any atom is 0.408 e. The second-order valence-electron chi connectivity index (χ2n) is 4.80. The number of nitrogens with one attached hydrogen (secondary N) is 2. The first kappa shape index (κ1) is 16.2. The fourth-order valence-corrected chi connectivity index (χ4v) is 0.996. The van der Waals surface area contributed by atoms with Crippen LogP contribution in [0.5, 0.6) is 0 Å². The lowest BCUT2D eigenvalue weighted by atomic mass is 10.2. The highest BCUT2D eigenvalue weighted by molar-refractivity contribution is 5.85. The highest BCUT2D eigenvalue weighted by atomic mass is 16.6. The third kappa shape index (κ3) is 8.37. The summed E-state index contributed by atoms with van der Waals surface area (Å²) in [5.74, 6) is -1.45. The average molecular weight is 260 g/mol. The number of alkyl carbamates (subject to hydrolysis) is 1. The maximum absolute atomic E-state index is 11.5. The zero-order valence-electron chi connectivity index (χ0n) is 11.1. The van der Waals surface area contributed by atoms with Gasteiger partial charge < -0.3 is 20.5 Å². The molecular formula is C11H20N2O5. The number of carbonyl (C=O) groups excluding carboxylic acids is 2. The van der Waals surface area contributed by atoms with Gasteiger partial charge in [-0.15, -0.1) is 0 Å². The van der Waals surface area contributed by atoms with E-state index in [0.29, 0.717) is 0 Å². The normalized spacial score (nSPS) is 12.4. The summed E-state index contributed by atoms with van der Waals surface area (Å²) in [7, 11) is 0. The van der Waals surface area contributed by atoms with Crippen LogP contribution in [0.25, 0.3) is 0 Å². The standard InChI is InChI=1S/C11H20N2O5/c1-7(9(16)12-6-5-8(14)15)13-10(17)18-11(2,3)4/h7H,5-6H2,1-4H3,(H,12,16)(H,13,17)(H,14,15)/t7-/m0/s1. The molecule has 0 fully saturated rings. The van der Waals surface area contributed by atoms with E-state index in [2.05, 4.69) is 10.6 Å². The summed E-state index contributed by atoms with van der Waals surface area (Å²) >= 11 is 0. The maximum atomic E-state index is 11.5. The molecule has 1 atom stereocenters.